The van der Waals surface area contributed by atoms with Crippen LogP contribution in [0.2, 0.25) is 0 Å². The molecule has 0 aliphatic rings. The van der Waals surface area contributed by atoms with Gasteiger partial charge in [0.25, 0.3) is 0 Å². The summed E-state index contributed by atoms with van der Waals surface area (Å²) in [6.07, 6.45) is 8.31. The summed E-state index contributed by atoms with van der Waals surface area (Å²) in [6, 6.07) is 117. The molecular formula is C121H98N4O4+4. The first-order chi connectivity index (χ1) is 64.0. The number of rotatable bonds is 8. The van der Waals surface area contributed by atoms with Gasteiger partial charge < -0.3 is 17.7 Å². The van der Waals surface area contributed by atoms with Crippen molar-refractivity contribution in [3.05, 3.63) is 409 Å². The summed E-state index contributed by atoms with van der Waals surface area (Å²) in [5, 5.41) is 19.3. The summed E-state index contributed by atoms with van der Waals surface area (Å²) in [5.74, 6) is 0. The first kappa shape index (κ1) is 77.0. The number of aromatic nitrogens is 4. The Bertz CT molecular complexity index is 8760. The molecule has 0 atom stereocenters. The molecule has 24 rings (SSSR count). The van der Waals surface area contributed by atoms with Gasteiger partial charge in [-0.3, -0.25) is 0 Å². The van der Waals surface area contributed by atoms with Crippen LogP contribution in [0.3, 0.4) is 0 Å². The molecule has 8 heteroatoms. The van der Waals surface area contributed by atoms with Crippen LogP contribution in [0.5, 0.6) is 0 Å². The molecule has 24 aromatic rings. The maximum atomic E-state index is 8.12. The molecule has 0 fully saturated rings. The number of fused-ring (bicyclic) bond motifs is 20. The van der Waals surface area contributed by atoms with Crippen LogP contribution in [0.15, 0.2) is 376 Å². The second-order valence-electron chi connectivity index (χ2n) is 34.8. The minimum Gasteiger partial charge on any atom is -0.456 e. The smallest absolute Gasteiger partial charge is 0.213 e. The van der Waals surface area contributed by atoms with Crippen LogP contribution in [0.4, 0.5) is 0 Å². The van der Waals surface area contributed by atoms with Gasteiger partial charge >= 0.3 is 0 Å². The average molecular weight is 1680 g/mol. The summed E-state index contributed by atoms with van der Waals surface area (Å²) in [6.45, 7) is 15.1. The Hall–Kier alpha value is -15.6. The number of pyridine rings is 4. The Labute approximate surface area is 754 Å². The molecule has 129 heavy (non-hydrogen) atoms. The van der Waals surface area contributed by atoms with Crippen molar-refractivity contribution in [1.29, 1.82) is 0 Å². The van der Waals surface area contributed by atoms with E-state index >= 15 is 0 Å². The van der Waals surface area contributed by atoms with Crippen LogP contribution in [0.1, 0.15) is 54.2 Å². The Kier molecular flexibility index (Phi) is 19.5. The molecule has 0 spiro atoms. The molecule has 8 nitrogen and oxygen atoms in total. The number of nitrogens with zero attached hydrogens (tertiary/aromatic N) is 4. The summed E-state index contributed by atoms with van der Waals surface area (Å²) >= 11 is 0. The van der Waals surface area contributed by atoms with Crippen molar-refractivity contribution in [3.63, 3.8) is 0 Å². The molecule has 0 bridgehead atoms. The van der Waals surface area contributed by atoms with Crippen molar-refractivity contribution in [2.24, 2.45) is 28.2 Å². The maximum absolute atomic E-state index is 8.12. The topological polar surface area (TPSA) is 68.1 Å². The van der Waals surface area contributed by atoms with E-state index in [2.05, 4.69) is 394 Å². The number of hydrogen-bond donors (Lipinski definition) is 0. The zero-order valence-electron chi connectivity index (χ0n) is 77.5. The number of hydrogen-bond acceptors (Lipinski definition) is 4. The van der Waals surface area contributed by atoms with Crippen molar-refractivity contribution in [1.82, 2.24) is 0 Å². The van der Waals surface area contributed by atoms with Crippen molar-refractivity contribution in [3.8, 4) is 89.5 Å². The lowest BCUT2D eigenvalue weighted by molar-refractivity contribution is -0.660. The van der Waals surface area contributed by atoms with Gasteiger partial charge in [0.05, 0.1) is 22.3 Å². The SMILES string of the molecule is Cc1c[n+](C)c(-c2cc3oc4cc(C)c5ccccc5c4c3cc2C)cc1-c1ccccc1.Cc1c[n+](C)c(-c2cc3oc4ccc5ccccc5c4c3cc2C)cc1-c1ccccc1.Cc1cc2c(cc1-c1cc(-c3ccccc3)cc[n+]1C)oc1cc(C)c3ccccc3c12.[2H]C([2H])([2H])c1c[n+](C)c(-c2cc3oc4ccc5ccccc5c4c3cc2C)cc1-c1ccccc1. The molecule has 0 saturated heterocycles. The van der Waals surface area contributed by atoms with Crippen LogP contribution in [-0.4, -0.2) is 0 Å². The van der Waals surface area contributed by atoms with Crippen LogP contribution >= 0.6 is 0 Å². The first-order valence-corrected chi connectivity index (χ1v) is 44.2. The normalized spacial score (nSPS) is 12.0. The highest BCUT2D eigenvalue weighted by Crippen LogP contribution is 2.46. The van der Waals surface area contributed by atoms with Gasteiger partial charge in [-0.25, -0.2) is 18.3 Å². The Balaban J connectivity index is 0.000000106. The second-order valence-corrected chi connectivity index (χ2v) is 34.8. The van der Waals surface area contributed by atoms with E-state index in [1.807, 2.05) is 60.1 Å². The lowest BCUT2D eigenvalue weighted by atomic mass is 9.95. The highest BCUT2D eigenvalue weighted by Gasteiger charge is 2.27. The van der Waals surface area contributed by atoms with Gasteiger partial charge in [0.1, 0.15) is 72.9 Å². The average Bonchev–Trinajstić information content (AvgIpc) is 1.63. The summed E-state index contributed by atoms with van der Waals surface area (Å²) in [4.78, 5) is 0. The van der Waals surface area contributed by atoms with Gasteiger partial charge in [-0.15, -0.1) is 0 Å². The van der Waals surface area contributed by atoms with Crippen molar-refractivity contribution in [2.75, 3.05) is 0 Å². The fourth-order valence-corrected chi connectivity index (χ4v) is 19.8. The lowest BCUT2D eigenvalue weighted by Gasteiger charge is -2.10. The third kappa shape index (κ3) is 14.5. The van der Waals surface area contributed by atoms with Gasteiger partial charge in [0.2, 0.25) is 22.8 Å². The fourth-order valence-electron chi connectivity index (χ4n) is 19.8. The van der Waals surface area contributed by atoms with Crippen molar-refractivity contribution in [2.45, 2.75) is 62.2 Å². The summed E-state index contributed by atoms with van der Waals surface area (Å²) < 4.78 is 58.4. The predicted molar refractivity (Wildman–Crippen MR) is 536 cm³/mol. The Morgan fingerprint density at radius 1 is 0.194 bits per heavy atom. The number of aryl methyl sites for hydroxylation is 13. The third-order valence-corrected chi connectivity index (χ3v) is 26.3. The molecule has 8 heterocycles. The molecule has 8 aromatic heterocycles. The van der Waals surface area contributed by atoms with Gasteiger partial charge in [-0.1, -0.05) is 231 Å². The molecule has 0 N–H and O–H groups in total. The zero-order chi connectivity index (χ0) is 90.6. The minimum atomic E-state index is -2.22. The molecule has 16 aromatic carbocycles. The molecule has 0 aliphatic heterocycles. The maximum Gasteiger partial charge on any atom is 0.213 e. The lowest BCUT2D eigenvalue weighted by Crippen LogP contribution is -2.31. The van der Waals surface area contributed by atoms with E-state index in [4.69, 9.17) is 21.8 Å². The van der Waals surface area contributed by atoms with E-state index in [9.17, 15) is 0 Å². The van der Waals surface area contributed by atoms with E-state index in [0.29, 0.717) is 11.1 Å². The van der Waals surface area contributed by atoms with Crippen LogP contribution in [0.25, 0.3) is 220 Å². The molecule has 0 unspecified atom stereocenters. The molecule has 0 amide bonds. The van der Waals surface area contributed by atoms with Gasteiger partial charge in [0, 0.05) is 94.2 Å². The van der Waals surface area contributed by atoms with E-state index in [0.717, 1.165) is 77.8 Å². The van der Waals surface area contributed by atoms with Crippen LogP contribution in [0, 0.1) is 62.2 Å². The van der Waals surface area contributed by atoms with Crippen molar-refractivity contribution < 1.29 is 40.0 Å². The number of furan rings is 4. The molecule has 0 aliphatic carbocycles. The molecule has 0 saturated carbocycles. The van der Waals surface area contributed by atoms with Gasteiger partial charge in [-0.2, -0.15) is 0 Å². The minimum absolute atomic E-state index is 0.337. The predicted octanol–water partition coefficient (Wildman–Crippen LogP) is 30.4. The van der Waals surface area contributed by atoms with Gasteiger partial charge in [0.15, 0.2) is 24.8 Å². The van der Waals surface area contributed by atoms with Crippen molar-refractivity contribution >= 4 is 131 Å². The highest BCUT2D eigenvalue weighted by atomic mass is 16.3. The monoisotopic (exact) mass is 1670 g/mol. The van der Waals surface area contributed by atoms with Crippen LogP contribution < -0.4 is 18.3 Å². The molecule has 0 radical (unpaired) electrons. The van der Waals surface area contributed by atoms with Gasteiger partial charge in [-0.05, 0) is 256 Å². The largest absolute Gasteiger partial charge is 0.456 e. The van der Waals surface area contributed by atoms with E-state index in [-0.39, 0.29) is 0 Å². The second kappa shape index (κ2) is 32.7. The Morgan fingerprint density at radius 3 is 0.853 bits per heavy atom. The van der Waals surface area contributed by atoms with E-state index in [1.54, 1.807) is 6.20 Å². The molecular weight excluding hydrogens is 1570 g/mol. The number of benzene rings is 16. The first-order valence-electron chi connectivity index (χ1n) is 45.7. The van der Waals surface area contributed by atoms with E-state index in [1.165, 1.54) is 182 Å². The van der Waals surface area contributed by atoms with E-state index < -0.39 is 6.85 Å². The fraction of sp³-hybridized carbons (Fsp3) is 0.107. The quantitative estimate of drug-likeness (QED) is 0.142. The van der Waals surface area contributed by atoms with Crippen LogP contribution in [-0.2, 0) is 28.2 Å². The zero-order valence-corrected chi connectivity index (χ0v) is 74.5. The third-order valence-electron chi connectivity index (χ3n) is 26.3. The molecule has 622 valence electrons. The summed E-state index contributed by atoms with van der Waals surface area (Å²) in [7, 11) is 8.24. The highest BCUT2D eigenvalue weighted by molar-refractivity contribution is 6.23. The Morgan fingerprint density at radius 2 is 0.488 bits per heavy atom. The standard InChI is InChI=1S/C31H26NO.3C30H24NO/c1-19-14-27-29(33-30-15-20(2)23-12-8-9-13-24(23)31(27)30)17-26(19)28-16-25(21(3)18-32(28)4)22-10-6-5-7-11-22;2*1-19-15-26-29(32-28-14-13-22-11-7-8-12-23(22)30(26)28)17-25(19)27-16-24(20(2)18-31(27)3)21-9-5-4-6-10-21;1-19-15-26-28(32-29-16-20(2)23-11-7-8-12-24(23)30(26)29)18-25(19)27-17-22(13-14-31(27)3)21-9-5-4-6-10-21/h5-18H,1-4H3;3*4-18H,1-3H3/q4*+1/i;2D3;;. The summed E-state index contributed by atoms with van der Waals surface area (Å²) in [5.41, 5.74) is 35.6.